The second-order valence-electron chi connectivity index (χ2n) is 6.66. The van der Waals surface area contributed by atoms with Gasteiger partial charge in [0, 0.05) is 24.6 Å². The van der Waals surface area contributed by atoms with E-state index in [4.69, 9.17) is 4.52 Å². The minimum Gasteiger partial charge on any atom is -0.481 e. The number of aromatic nitrogens is 1. The number of rotatable bonds is 4. The van der Waals surface area contributed by atoms with Crippen molar-refractivity contribution >= 4 is 11.9 Å². The van der Waals surface area contributed by atoms with E-state index in [1.807, 2.05) is 37.3 Å². The van der Waals surface area contributed by atoms with Crippen molar-refractivity contribution in [2.24, 2.45) is 5.92 Å². The highest BCUT2D eigenvalue weighted by molar-refractivity contribution is 5.80. The van der Waals surface area contributed by atoms with Gasteiger partial charge in [0.15, 0.2) is 0 Å². The van der Waals surface area contributed by atoms with Gasteiger partial charge in [0.1, 0.15) is 5.76 Å². The second kappa shape index (κ2) is 7.09. The summed E-state index contributed by atoms with van der Waals surface area (Å²) in [5.41, 5.74) is 2.57. The van der Waals surface area contributed by atoms with Gasteiger partial charge in [-0.25, -0.2) is 0 Å². The lowest BCUT2D eigenvalue weighted by Crippen LogP contribution is -2.46. The topological polar surface area (TPSA) is 83.6 Å². The molecule has 1 aromatic carbocycles. The number of aliphatic carboxylic acids is 1. The Bertz CT molecular complexity index is 749. The van der Waals surface area contributed by atoms with Gasteiger partial charge in [0.2, 0.25) is 5.91 Å². The maximum absolute atomic E-state index is 12.8. The van der Waals surface area contributed by atoms with Crippen LogP contribution in [0.3, 0.4) is 0 Å². The summed E-state index contributed by atoms with van der Waals surface area (Å²) in [5, 5.41) is 13.4. The fraction of sp³-hybridized carbons (Fsp3) is 0.421. The minimum absolute atomic E-state index is 0.0321. The van der Waals surface area contributed by atoms with Gasteiger partial charge in [0.05, 0.1) is 18.0 Å². The molecule has 1 saturated heterocycles. The van der Waals surface area contributed by atoms with Crippen molar-refractivity contribution in [1.82, 2.24) is 10.1 Å². The van der Waals surface area contributed by atoms with E-state index in [9.17, 15) is 14.7 Å². The highest BCUT2D eigenvalue weighted by Gasteiger charge is 2.34. The van der Waals surface area contributed by atoms with E-state index in [0.717, 1.165) is 11.1 Å². The number of benzene rings is 1. The quantitative estimate of drug-likeness (QED) is 0.923. The van der Waals surface area contributed by atoms with Crippen molar-refractivity contribution in [3.05, 3.63) is 52.9 Å². The van der Waals surface area contributed by atoms with Crippen molar-refractivity contribution in [2.45, 2.75) is 32.6 Å². The number of carboxylic acid groups (broad SMARTS) is 1. The van der Waals surface area contributed by atoms with Crippen LogP contribution in [0, 0.1) is 19.8 Å². The Morgan fingerprint density at radius 3 is 2.56 bits per heavy atom. The molecule has 0 aliphatic carbocycles. The summed E-state index contributed by atoms with van der Waals surface area (Å²) in [6.45, 7) is 4.38. The Morgan fingerprint density at radius 1 is 1.24 bits per heavy atom. The number of carbonyl (C=O) groups excluding carboxylic acids is 1. The molecule has 25 heavy (non-hydrogen) atoms. The predicted molar refractivity (Wildman–Crippen MR) is 91.2 cm³/mol. The highest BCUT2D eigenvalue weighted by Crippen LogP contribution is 2.31. The zero-order valence-electron chi connectivity index (χ0n) is 14.4. The fourth-order valence-corrected chi connectivity index (χ4v) is 3.47. The van der Waals surface area contributed by atoms with Gasteiger partial charge >= 0.3 is 5.97 Å². The van der Waals surface area contributed by atoms with Gasteiger partial charge in [-0.3, -0.25) is 9.59 Å². The molecule has 3 rings (SSSR count). The molecule has 0 saturated carbocycles. The number of likely N-dealkylation sites (tertiary alicyclic amines) is 1. The van der Waals surface area contributed by atoms with Gasteiger partial charge in [-0.05, 0) is 25.8 Å². The molecule has 6 nitrogen and oxygen atoms in total. The SMILES string of the molecule is Cc1noc(C)c1CC(=O)N1CC(C(=O)O)CC(c2ccccc2)C1. The number of aryl methyl sites for hydroxylation is 2. The molecule has 2 atom stereocenters. The van der Waals surface area contributed by atoms with Crippen molar-refractivity contribution in [2.75, 3.05) is 13.1 Å². The van der Waals surface area contributed by atoms with Crippen LogP contribution in [-0.2, 0) is 16.0 Å². The van der Waals surface area contributed by atoms with Crippen LogP contribution in [-0.4, -0.2) is 40.1 Å². The van der Waals surface area contributed by atoms with Crippen LogP contribution < -0.4 is 0 Å². The van der Waals surface area contributed by atoms with Crippen LogP contribution >= 0.6 is 0 Å². The third-order valence-corrected chi connectivity index (χ3v) is 4.93. The highest BCUT2D eigenvalue weighted by atomic mass is 16.5. The standard InChI is InChI=1S/C19H22N2O4/c1-12-17(13(2)25-20-12)9-18(22)21-10-15(8-16(11-21)19(23)24)14-6-4-3-5-7-14/h3-7,15-16H,8-11H2,1-2H3,(H,23,24). The maximum Gasteiger partial charge on any atom is 0.308 e. The molecule has 1 aromatic heterocycles. The van der Waals surface area contributed by atoms with Gasteiger partial charge in [0.25, 0.3) is 0 Å². The van der Waals surface area contributed by atoms with E-state index in [1.165, 1.54) is 0 Å². The van der Waals surface area contributed by atoms with E-state index in [-0.39, 0.29) is 24.8 Å². The summed E-state index contributed by atoms with van der Waals surface area (Å²) in [4.78, 5) is 26.0. The Labute approximate surface area is 146 Å². The lowest BCUT2D eigenvalue weighted by Gasteiger charge is -2.36. The molecule has 1 fully saturated rings. The third-order valence-electron chi connectivity index (χ3n) is 4.93. The van der Waals surface area contributed by atoms with Crippen LogP contribution in [0.5, 0.6) is 0 Å². The second-order valence-corrected chi connectivity index (χ2v) is 6.66. The molecule has 2 unspecified atom stereocenters. The Balaban J connectivity index is 1.79. The first kappa shape index (κ1) is 17.2. The molecule has 0 spiro atoms. The van der Waals surface area contributed by atoms with E-state index < -0.39 is 11.9 Å². The van der Waals surface area contributed by atoms with Gasteiger partial charge in [-0.2, -0.15) is 0 Å². The summed E-state index contributed by atoms with van der Waals surface area (Å²) in [6.07, 6.45) is 0.740. The number of carbonyl (C=O) groups is 2. The van der Waals surface area contributed by atoms with E-state index in [2.05, 4.69) is 5.16 Å². The van der Waals surface area contributed by atoms with Crippen molar-refractivity contribution in [3.8, 4) is 0 Å². The minimum atomic E-state index is -0.851. The predicted octanol–water partition coefficient (Wildman–Crippen LogP) is 2.55. The number of carboxylic acids is 1. The molecule has 1 N–H and O–H groups in total. The Hall–Kier alpha value is -2.63. The number of amides is 1. The average Bonchev–Trinajstić information content (AvgIpc) is 2.94. The van der Waals surface area contributed by atoms with E-state index in [1.54, 1.807) is 11.8 Å². The summed E-state index contributed by atoms with van der Waals surface area (Å²) < 4.78 is 5.12. The van der Waals surface area contributed by atoms with Crippen molar-refractivity contribution in [1.29, 1.82) is 0 Å². The maximum atomic E-state index is 12.8. The van der Waals surface area contributed by atoms with E-state index in [0.29, 0.717) is 24.4 Å². The summed E-state index contributed by atoms with van der Waals surface area (Å²) in [6, 6.07) is 9.80. The van der Waals surface area contributed by atoms with Gasteiger partial charge in [-0.1, -0.05) is 35.5 Å². The van der Waals surface area contributed by atoms with Crippen LogP contribution in [0.1, 0.15) is 34.9 Å². The monoisotopic (exact) mass is 342 g/mol. The number of piperidine rings is 1. The molecular weight excluding hydrogens is 320 g/mol. The Morgan fingerprint density at radius 2 is 1.96 bits per heavy atom. The first-order valence-electron chi connectivity index (χ1n) is 8.43. The van der Waals surface area contributed by atoms with Gasteiger partial charge < -0.3 is 14.5 Å². The lowest BCUT2D eigenvalue weighted by atomic mass is 9.84. The first-order valence-corrected chi connectivity index (χ1v) is 8.43. The van der Waals surface area contributed by atoms with Crippen LogP contribution in [0.25, 0.3) is 0 Å². The molecule has 0 radical (unpaired) electrons. The van der Waals surface area contributed by atoms with Crippen LogP contribution in [0.2, 0.25) is 0 Å². The number of hydrogen-bond acceptors (Lipinski definition) is 4. The third kappa shape index (κ3) is 3.73. The fourth-order valence-electron chi connectivity index (χ4n) is 3.47. The summed E-state index contributed by atoms with van der Waals surface area (Å²) in [7, 11) is 0. The van der Waals surface area contributed by atoms with Crippen molar-refractivity contribution in [3.63, 3.8) is 0 Å². The molecule has 132 valence electrons. The van der Waals surface area contributed by atoms with Gasteiger partial charge in [-0.15, -0.1) is 0 Å². The molecule has 1 amide bonds. The zero-order valence-corrected chi connectivity index (χ0v) is 14.4. The molecule has 1 aliphatic heterocycles. The largest absolute Gasteiger partial charge is 0.481 e. The molecule has 2 aromatic rings. The zero-order chi connectivity index (χ0) is 18.0. The smallest absolute Gasteiger partial charge is 0.308 e. The number of nitrogens with zero attached hydrogens (tertiary/aromatic N) is 2. The average molecular weight is 342 g/mol. The molecule has 0 bridgehead atoms. The lowest BCUT2D eigenvalue weighted by molar-refractivity contribution is -0.146. The normalized spacial score (nSPS) is 20.5. The van der Waals surface area contributed by atoms with Crippen LogP contribution in [0.15, 0.2) is 34.9 Å². The van der Waals surface area contributed by atoms with Crippen molar-refractivity contribution < 1.29 is 19.2 Å². The molecular formula is C19H22N2O4. The number of hydrogen-bond donors (Lipinski definition) is 1. The van der Waals surface area contributed by atoms with E-state index >= 15 is 0 Å². The molecule has 1 aliphatic rings. The summed E-state index contributed by atoms with van der Waals surface area (Å²) >= 11 is 0. The molecule has 6 heteroatoms. The first-order chi connectivity index (χ1) is 12.0. The molecule has 2 heterocycles. The Kier molecular flexibility index (Phi) is 4.88. The van der Waals surface area contributed by atoms with Crippen LogP contribution in [0.4, 0.5) is 0 Å². The summed E-state index contributed by atoms with van der Waals surface area (Å²) in [5.74, 6) is -0.813.